The summed E-state index contributed by atoms with van der Waals surface area (Å²) < 4.78 is 13.0. The molecule has 0 saturated carbocycles. The second-order valence-electron chi connectivity index (χ2n) is 5.40. The van der Waals surface area contributed by atoms with Gasteiger partial charge in [0.25, 0.3) is 0 Å². The van der Waals surface area contributed by atoms with E-state index in [2.05, 4.69) is 0 Å². The van der Waals surface area contributed by atoms with Gasteiger partial charge in [-0.2, -0.15) is 0 Å². The largest absolute Gasteiger partial charge is 0.388 e. The smallest absolute Gasteiger partial charge is 0.141 e. The normalized spacial score (nSPS) is 15.7. The van der Waals surface area contributed by atoms with Crippen LogP contribution in [0.2, 0.25) is 5.02 Å². The maximum atomic E-state index is 13.0. The monoisotopic (exact) mass is 259 g/mol. The summed E-state index contributed by atoms with van der Waals surface area (Å²) in [6.07, 6.45) is -0.298. The summed E-state index contributed by atoms with van der Waals surface area (Å²) in [5, 5.41) is 10.0. The summed E-state index contributed by atoms with van der Waals surface area (Å²) in [6, 6.07) is 4.09. The van der Waals surface area contributed by atoms with E-state index in [0.717, 1.165) is 0 Å². The van der Waals surface area contributed by atoms with Crippen LogP contribution in [0, 0.1) is 11.2 Å². The zero-order valence-electron chi connectivity index (χ0n) is 10.4. The number of benzene rings is 1. The van der Waals surface area contributed by atoms with E-state index in [4.69, 9.17) is 17.3 Å². The lowest BCUT2D eigenvalue weighted by molar-refractivity contribution is 0.133. The lowest BCUT2D eigenvalue weighted by Gasteiger charge is -2.29. The molecule has 0 heterocycles. The van der Waals surface area contributed by atoms with Crippen molar-refractivity contribution in [2.24, 2.45) is 11.1 Å². The fourth-order valence-electron chi connectivity index (χ4n) is 1.45. The highest BCUT2D eigenvalue weighted by atomic mass is 35.5. The van der Waals surface area contributed by atoms with Crippen molar-refractivity contribution in [2.45, 2.75) is 39.3 Å². The van der Waals surface area contributed by atoms with Crippen LogP contribution in [-0.2, 0) is 0 Å². The Hall–Kier alpha value is -0.640. The van der Waals surface area contributed by atoms with E-state index in [-0.39, 0.29) is 16.5 Å². The molecule has 4 heteroatoms. The molecule has 0 bridgehead atoms. The Balaban J connectivity index is 2.76. The number of hydrogen-bond donors (Lipinski definition) is 2. The summed E-state index contributed by atoms with van der Waals surface area (Å²) in [5.41, 5.74) is 6.50. The molecule has 0 amide bonds. The molecule has 1 aromatic rings. The average Bonchev–Trinajstić information content (AvgIpc) is 2.20. The molecule has 0 aliphatic rings. The second kappa shape index (κ2) is 5.34. The highest BCUT2D eigenvalue weighted by molar-refractivity contribution is 6.30. The van der Waals surface area contributed by atoms with Crippen LogP contribution in [0.3, 0.4) is 0 Å². The second-order valence-corrected chi connectivity index (χ2v) is 5.80. The molecule has 1 rings (SSSR count). The van der Waals surface area contributed by atoms with Gasteiger partial charge in [-0.3, -0.25) is 0 Å². The third-order valence-electron chi connectivity index (χ3n) is 2.92. The van der Waals surface area contributed by atoms with E-state index >= 15 is 0 Å². The molecule has 0 radical (unpaired) electrons. The topological polar surface area (TPSA) is 46.2 Å². The Kier molecular flexibility index (Phi) is 4.53. The minimum absolute atomic E-state index is 0.0193. The fraction of sp³-hybridized carbons (Fsp3) is 0.538. The first-order valence-electron chi connectivity index (χ1n) is 5.60. The molecule has 2 atom stereocenters. The van der Waals surface area contributed by atoms with E-state index in [9.17, 15) is 9.50 Å². The van der Waals surface area contributed by atoms with E-state index in [1.165, 1.54) is 18.2 Å². The van der Waals surface area contributed by atoms with Crippen molar-refractivity contribution in [1.29, 1.82) is 0 Å². The van der Waals surface area contributed by atoms with Crippen LogP contribution in [0.4, 0.5) is 4.39 Å². The van der Waals surface area contributed by atoms with Crippen molar-refractivity contribution in [3.8, 4) is 0 Å². The van der Waals surface area contributed by atoms with Crippen LogP contribution in [0.1, 0.15) is 38.9 Å². The number of aliphatic hydroxyl groups excluding tert-OH is 1. The van der Waals surface area contributed by atoms with E-state index in [1.807, 2.05) is 20.8 Å². The van der Waals surface area contributed by atoms with Gasteiger partial charge in [0.05, 0.1) is 11.1 Å². The van der Waals surface area contributed by atoms with Gasteiger partial charge in [-0.05, 0) is 29.5 Å². The molecule has 0 aliphatic heterocycles. The van der Waals surface area contributed by atoms with Crippen molar-refractivity contribution >= 4 is 11.6 Å². The Bertz CT molecular complexity index is 389. The lowest BCUT2D eigenvalue weighted by Crippen LogP contribution is -2.36. The number of hydrogen-bond acceptors (Lipinski definition) is 2. The third-order valence-corrected chi connectivity index (χ3v) is 3.21. The number of nitrogens with two attached hydrogens (primary N) is 1. The highest BCUT2D eigenvalue weighted by Crippen LogP contribution is 2.28. The lowest BCUT2D eigenvalue weighted by atomic mass is 9.83. The van der Waals surface area contributed by atoms with Crippen LogP contribution >= 0.6 is 11.6 Å². The van der Waals surface area contributed by atoms with Gasteiger partial charge in [-0.15, -0.1) is 0 Å². The average molecular weight is 260 g/mol. The van der Waals surface area contributed by atoms with Crippen molar-refractivity contribution in [2.75, 3.05) is 0 Å². The summed E-state index contributed by atoms with van der Waals surface area (Å²) in [5.74, 6) is -0.484. The standard InChI is InChI=1S/C13H19ClFNO/c1-13(2,3)12(16)7-11(17)8-4-5-10(15)9(14)6-8/h4-6,11-12,17H,7,16H2,1-3H3/t11-,12-/m0/s1. The molecule has 96 valence electrons. The Labute approximate surface area is 107 Å². The van der Waals surface area contributed by atoms with E-state index in [0.29, 0.717) is 12.0 Å². The zero-order valence-corrected chi connectivity index (χ0v) is 11.1. The molecule has 0 spiro atoms. The summed E-state index contributed by atoms with van der Waals surface area (Å²) in [6.45, 7) is 6.05. The molecule has 0 aliphatic carbocycles. The molecular weight excluding hydrogens is 241 g/mol. The minimum Gasteiger partial charge on any atom is -0.388 e. The van der Waals surface area contributed by atoms with Crippen LogP contribution in [0.15, 0.2) is 18.2 Å². The van der Waals surface area contributed by atoms with Gasteiger partial charge in [0.1, 0.15) is 5.82 Å². The van der Waals surface area contributed by atoms with Crippen molar-refractivity contribution in [3.05, 3.63) is 34.6 Å². The van der Waals surface area contributed by atoms with Gasteiger partial charge in [-0.1, -0.05) is 38.4 Å². The molecule has 0 saturated heterocycles. The maximum Gasteiger partial charge on any atom is 0.141 e. The highest BCUT2D eigenvalue weighted by Gasteiger charge is 2.24. The fourth-order valence-corrected chi connectivity index (χ4v) is 1.64. The molecule has 1 aromatic carbocycles. The quantitative estimate of drug-likeness (QED) is 0.875. The van der Waals surface area contributed by atoms with Gasteiger partial charge in [0.2, 0.25) is 0 Å². The van der Waals surface area contributed by atoms with Crippen LogP contribution < -0.4 is 5.73 Å². The summed E-state index contributed by atoms with van der Waals surface area (Å²) in [4.78, 5) is 0. The van der Waals surface area contributed by atoms with Gasteiger partial charge in [0.15, 0.2) is 0 Å². The van der Waals surface area contributed by atoms with Gasteiger partial charge >= 0.3 is 0 Å². The summed E-state index contributed by atoms with van der Waals surface area (Å²) >= 11 is 5.67. The Morgan fingerprint density at radius 3 is 2.47 bits per heavy atom. The number of aliphatic hydroxyl groups is 1. The molecular formula is C13H19ClFNO. The number of halogens is 2. The van der Waals surface area contributed by atoms with E-state index in [1.54, 1.807) is 0 Å². The van der Waals surface area contributed by atoms with E-state index < -0.39 is 11.9 Å². The van der Waals surface area contributed by atoms with Crippen molar-refractivity contribution in [1.82, 2.24) is 0 Å². The predicted octanol–water partition coefficient (Wildman–Crippen LogP) is 3.28. The first kappa shape index (κ1) is 14.4. The van der Waals surface area contributed by atoms with Crippen LogP contribution in [0.25, 0.3) is 0 Å². The van der Waals surface area contributed by atoms with Gasteiger partial charge in [-0.25, -0.2) is 4.39 Å². The van der Waals surface area contributed by atoms with Gasteiger partial charge in [0, 0.05) is 6.04 Å². The van der Waals surface area contributed by atoms with Crippen LogP contribution in [0.5, 0.6) is 0 Å². The molecule has 17 heavy (non-hydrogen) atoms. The predicted molar refractivity (Wildman–Crippen MR) is 68.4 cm³/mol. The molecule has 0 aromatic heterocycles. The minimum atomic E-state index is -0.720. The molecule has 3 N–H and O–H groups in total. The molecule has 0 unspecified atom stereocenters. The van der Waals surface area contributed by atoms with Crippen molar-refractivity contribution < 1.29 is 9.50 Å². The first-order valence-corrected chi connectivity index (χ1v) is 5.98. The zero-order chi connectivity index (χ0) is 13.2. The number of rotatable bonds is 3. The van der Waals surface area contributed by atoms with Gasteiger partial charge < -0.3 is 10.8 Å². The molecule has 0 fully saturated rings. The SMILES string of the molecule is CC(C)(C)[C@@H](N)C[C@H](O)c1ccc(F)c(Cl)c1. The van der Waals surface area contributed by atoms with Crippen LogP contribution in [-0.4, -0.2) is 11.1 Å². The summed E-state index contributed by atoms with van der Waals surface area (Å²) in [7, 11) is 0. The first-order chi connectivity index (χ1) is 7.71. The Morgan fingerprint density at radius 1 is 1.41 bits per heavy atom. The third kappa shape index (κ3) is 3.95. The maximum absolute atomic E-state index is 13.0. The Morgan fingerprint density at radius 2 is 2.00 bits per heavy atom. The van der Waals surface area contributed by atoms with Crippen molar-refractivity contribution in [3.63, 3.8) is 0 Å². The molecule has 2 nitrogen and oxygen atoms in total.